The second-order valence-corrected chi connectivity index (χ2v) is 8.86. The number of nitrogens with zero attached hydrogens (tertiary/aromatic N) is 2. The van der Waals surface area contributed by atoms with E-state index in [4.69, 9.17) is 4.74 Å². The average Bonchev–Trinajstić information content (AvgIpc) is 2.79. The molecule has 6 nitrogen and oxygen atoms in total. The first-order chi connectivity index (χ1) is 15.0. The van der Waals surface area contributed by atoms with E-state index < -0.39 is 0 Å². The van der Waals surface area contributed by atoms with Crippen LogP contribution in [-0.2, 0) is 11.2 Å². The number of carbonyl (C=O) groups excluding carboxylic acids is 1. The molecule has 1 saturated heterocycles. The van der Waals surface area contributed by atoms with Crippen LogP contribution in [-0.4, -0.2) is 56.1 Å². The second-order valence-electron chi connectivity index (χ2n) is 8.86. The van der Waals surface area contributed by atoms with Crippen molar-refractivity contribution in [1.82, 2.24) is 15.5 Å². The summed E-state index contributed by atoms with van der Waals surface area (Å²) in [4.78, 5) is 19.0. The Hall–Kier alpha value is -1.51. The molecule has 0 saturated carbocycles. The monoisotopic (exact) mass is 558 g/mol. The van der Waals surface area contributed by atoms with Gasteiger partial charge in [-0.15, -0.1) is 24.0 Å². The average molecular weight is 559 g/mol. The molecule has 1 aliphatic rings. The van der Waals surface area contributed by atoms with Crippen molar-refractivity contribution in [3.63, 3.8) is 0 Å². The van der Waals surface area contributed by atoms with Crippen LogP contribution >= 0.6 is 24.0 Å². The van der Waals surface area contributed by atoms with Crippen LogP contribution in [0.1, 0.15) is 58.9 Å². The number of likely N-dealkylation sites (tertiary alicyclic amines) is 1. The molecule has 0 atom stereocenters. The van der Waals surface area contributed by atoms with Crippen LogP contribution in [0.15, 0.2) is 29.3 Å². The highest BCUT2D eigenvalue weighted by atomic mass is 127. The minimum Gasteiger partial charge on any atom is -0.493 e. The number of hydrogen-bond acceptors (Lipinski definition) is 3. The molecular formula is C25H43IN4O2. The van der Waals surface area contributed by atoms with E-state index in [9.17, 15) is 4.79 Å². The molecule has 1 aromatic rings. The Kier molecular flexibility index (Phi) is 13.7. The second kappa shape index (κ2) is 15.3. The number of hydrogen-bond donors (Lipinski definition) is 2. The quantitative estimate of drug-likeness (QED) is 0.253. The van der Waals surface area contributed by atoms with Gasteiger partial charge in [0.25, 0.3) is 0 Å². The predicted molar refractivity (Wildman–Crippen MR) is 144 cm³/mol. The van der Waals surface area contributed by atoms with Gasteiger partial charge in [0.05, 0.1) is 6.61 Å². The van der Waals surface area contributed by atoms with E-state index in [0.717, 1.165) is 70.1 Å². The smallest absolute Gasteiger partial charge is 0.225 e. The number of halogens is 1. The van der Waals surface area contributed by atoms with E-state index in [0.29, 0.717) is 17.9 Å². The van der Waals surface area contributed by atoms with Crippen molar-refractivity contribution in [1.29, 1.82) is 0 Å². The Morgan fingerprint density at radius 2 is 1.78 bits per heavy atom. The zero-order chi connectivity index (χ0) is 22.6. The van der Waals surface area contributed by atoms with E-state index in [2.05, 4.69) is 55.5 Å². The van der Waals surface area contributed by atoms with Crippen LogP contribution in [0.4, 0.5) is 0 Å². The van der Waals surface area contributed by atoms with Crippen LogP contribution in [0.2, 0.25) is 0 Å². The Bertz CT molecular complexity index is 682. The molecule has 1 fully saturated rings. The van der Waals surface area contributed by atoms with E-state index in [1.807, 2.05) is 24.1 Å². The van der Waals surface area contributed by atoms with Gasteiger partial charge < -0.3 is 20.3 Å². The summed E-state index contributed by atoms with van der Waals surface area (Å²) in [6.07, 6.45) is 4.71. The Morgan fingerprint density at radius 1 is 1.16 bits per heavy atom. The maximum absolute atomic E-state index is 12.6. The standard InChI is InChI=1S/C25H42N4O2.HI/c1-6-21(7-2)24(30)29-16-13-22(14-17-29)28-25(26-5)27-15-12-20-8-10-23(11-9-20)31-18-19(3)4;/h8-11,19,21-22H,6-7,12-18H2,1-5H3,(H2,26,27,28);1H. The third-order valence-corrected chi connectivity index (χ3v) is 5.92. The molecule has 1 aliphatic heterocycles. The summed E-state index contributed by atoms with van der Waals surface area (Å²) >= 11 is 0. The molecule has 2 N–H and O–H groups in total. The Balaban J connectivity index is 0.00000512. The summed E-state index contributed by atoms with van der Waals surface area (Å²) in [7, 11) is 1.81. The highest BCUT2D eigenvalue weighted by molar-refractivity contribution is 14.0. The van der Waals surface area contributed by atoms with Gasteiger partial charge in [0.15, 0.2) is 5.96 Å². The Labute approximate surface area is 212 Å². The van der Waals surface area contributed by atoms with Crippen molar-refractivity contribution >= 4 is 35.8 Å². The highest BCUT2D eigenvalue weighted by Crippen LogP contribution is 2.17. The van der Waals surface area contributed by atoms with E-state index in [1.54, 1.807) is 0 Å². The third-order valence-electron chi connectivity index (χ3n) is 5.92. The summed E-state index contributed by atoms with van der Waals surface area (Å²) in [6, 6.07) is 8.69. The molecule has 182 valence electrons. The van der Waals surface area contributed by atoms with Crippen molar-refractivity contribution in [3.05, 3.63) is 29.8 Å². The Morgan fingerprint density at radius 3 is 2.31 bits per heavy atom. The van der Waals surface area contributed by atoms with Gasteiger partial charge in [0.1, 0.15) is 5.75 Å². The maximum atomic E-state index is 12.6. The number of aliphatic imine (C=N–C) groups is 1. The normalized spacial score (nSPS) is 15.0. The first-order valence-electron chi connectivity index (χ1n) is 11.9. The van der Waals surface area contributed by atoms with Crippen LogP contribution in [0.3, 0.4) is 0 Å². The molecule has 1 heterocycles. The summed E-state index contributed by atoms with van der Waals surface area (Å²) in [5.41, 5.74) is 1.27. The van der Waals surface area contributed by atoms with E-state index in [-0.39, 0.29) is 29.9 Å². The van der Waals surface area contributed by atoms with Gasteiger partial charge in [-0.1, -0.05) is 39.8 Å². The first kappa shape index (κ1) is 28.5. The topological polar surface area (TPSA) is 66.0 Å². The van der Waals surface area contributed by atoms with Crippen LogP contribution in [0.5, 0.6) is 5.75 Å². The van der Waals surface area contributed by atoms with E-state index in [1.165, 1.54) is 5.56 Å². The number of amides is 1. The highest BCUT2D eigenvalue weighted by Gasteiger charge is 2.26. The van der Waals surface area contributed by atoms with Gasteiger partial charge in [0.2, 0.25) is 5.91 Å². The molecule has 7 heteroatoms. The first-order valence-corrected chi connectivity index (χ1v) is 11.9. The lowest BCUT2D eigenvalue weighted by Gasteiger charge is -2.34. The molecule has 1 aromatic carbocycles. The van der Waals surface area contributed by atoms with Crippen molar-refractivity contribution < 1.29 is 9.53 Å². The molecule has 2 rings (SSSR count). The van der Waals surface area contributed by atoms with Crippen molar-refractivity contribution in [2.75, 3.05) is 33.3 Å². The van der Waals surface area contributed by atoms with Crippen molar-refractivity contribution in [2.45, 2.75) is 65.8 Å². The minimum absolute atomic E-state index is 0. The molecule has 0 bridgehead atoms. The molecular weight excluding hydrogens is 515 g/mol. The van der Waals surface area contributed by atoms with Crippen LogP contribution in [0.25, 0.3) is 0 Å². The number of ether oxygens (including phenoxy) is 1. The summed E-state index contributed by atoms with van der Waals surface area (Å²) in [5, 5.41) is 6.94. The largest absolute Gasteiger partial charge is 0.493 e. The van der Waals surface area contributed by atoms with Gasteiger partial charge in [-0.05, 0) is 55.7 Å². The number of piperidine rings is 1. The number of carbonyl (C=O) groups is 1. The molecule has 0 unspecified atom stereocenters. The fraction of sp³-hybridized carbons (Fsp3) is 0.680. The number of nitrogens with one attached hydrogen (secondary N) is 2. The van der Waals surface area contributed by atoms with Crippen LogP contribution in [0, 0.1) is 11.8 Å². The van der Waals surface area contributed by atoms with Gasteiger partial charge in [-0.2, -0.15) is 0 Å². The zero-order valence-corrected chi connectivity index (χ0v) is 22.9. The maximum Gasteiger partial charge on any atom is 0.225 e. The lowest BCUT2D eigenvalue weighted by Crippen LogP contribution is -2.50. The van der Waals surface area contributed by atoms with E-state index >= 15 is 0 Å². The van der Waals surface area contributed by atoms with Crippen molar-refractivity contribution in [2.24, 2.45) is 16.8 Å². The molecule has 0 aromatic heterocycles. The van der Waals surface area contributed by atoms with Crippen molar-refractivity contribution in [3.8, 4) is 5.75 Å². The summed E-state index contributed by atoms with van der Waals surface area (Å²) in [5.74, 6) is 2.79. The van der Waals surface area contributed by atoms with Gasteiger partial charge in [0, 0.05) is 38.6 Å². The molecule has 1 amide bonds. The fourth-order valence-corrected chi connectivity index (χ4v) is 3.87. The minimum atomic E-state index is 0. The van der Waals surface area contributed by atoms with Gasteiger partial charge >= 0.3 is 0 Å². The predicted octanol–water partition coefficient (Wildman–Crippen LogP) is 4.47. The lowest BCUT2D eigenvalue weighted by atomic mass is 9.98. The summed E-state index contributed by atoms with van der Waals surface area (Å²) in [6.45, 7) is 11.7. The van der Waals surface area contributed by atoms with Gasteiger partial charge in [-0.3, -0.25) is 9.79 Å². The SMILES string of the molecule is CCC(CC)C(=O)N1CCC(NC(=NC)NCCc2ccc(OCC(C)C)cc2)CC1.I. The lowest BCUT2D eigenvalue weighted by molar-refractivity contribution is -0.136. The molecule has 0 aliphatic carbocycles. The third kappa shape index (κ3) is 9.55. The fourth-order valence-electron chi connectivity index (χ4n) is 3.87. The van der Waals surface area contributed by atoms with Gasteiger partial charge in [-0.25, -0.2) is 0 Å². The summed E-state index contributed by atoms with van der Waals surface area (Å²) < 4.78 is 5.75. The molecule has 0 spiro atoms. The number of rotatable bonds is 10. The number of benzene rings is 1. The zero-order valence-electron chi connectivity index (χ0n) is 20.5. The van der Waals surface area contributed by atoms with Crippen LogP contribution < -0.4 is 15.4 Å². The molecule has 0 radical (unpaired) electrons. The number of guanidine groups is 1. The molecule has 32 heavy (non-hydrogen) atoms.